The second kappa shape index (κ2) is 64.6. The first-order valence-corrected chi connectivity index (χ1v) is 32.4. The van der Waals surface area contributed by atoms with Gasteiger partial charge < -0.3 is 14.2 Å². The molecule has 0 aromatic carbocycles. The van der Waals surface area contributed by atoms with Gasteiger partial charge in [-0.2, -0.15) is 0 Å². The van der Waals surface area contributed by atoms with Crippen LogP contribution in [0.2, 0.25) is 0 Å². The highest BCUT2D eigenvalue weighted by atomic mass is 16.6. The number of allylic oxidation sites excluding steroid dienone is 18. The van der Waals surface area contributed by atoms with E-state index in [1.54, 1.807) is 0 Å². The number of carbonyl (C=O) groups excluding carboxylic acids is 3. The van der Waals surface area contributed by atoms with Gasteiger partial charge in [0.15, 0.2) is 6.10 Å². The van der Waals surface area contributed by atoms with Gasteiger partial charge in [0.25, 0.3) is 0 Å². The van der Waals surface area contributed by atoms with E-state index in [9.17, 15) is 14.4 Å². The van der Waals surface area contributed by atoms with Gasteiger partial charge in [0.1, 0.15) is 13.2 Å². The first-order valence-electron chi connectivity index (χ1n) is 32.4. The molecular weight excluding hydrogens is 949 g/mol. The minimum Gasteiger partial charge on any atom is -0.462 e. The maximum Gasteiger partial charge on any atom is 0.306 e. The van der Waals surface area contributed by atoms with E-state index in [4.69, 9.17) is 14.2 Å². The van der Waals surface area contributed by atoms with E-state index in [0.717, 1.165) is 116 Å². The highest BCUT2D eigenvalue weighted by Gasteiger charge is 2.19. The molecule has 0 heterocycles. The molecule has 0 N–H and O–H groups in total. The largest absolute Gasteiger partial charge is 0.462 e. The Bertz CT molecular complexity index is 1560. The van der Waals surface area contributed by atoms with Gasteiger partial charge in [-0.15, -0.1) is 0 Å². The molecule has 0 fully saturated rings. The van der Waals surface area contributed by atoms with Gasteiger partial charge >= 0.3 is 17.9 Å². The van der Waals surface area contributed by atoms with Crippen LogP contribution < -0.4 is 0 Å². The molecule has 1 unspecified atom stereocenters. The Balaban J connectivity index is 4.29. The molecule has 0 aliphatic rings. The van der Waals surface area contributed by atoms with Gasteiger partial charge in [-0.05, 0) is 128 Å². The van der Waals surface area contributed by atoms with Crippen LogP contribution in [-0.4, -0.2) is 37.2 Å². The third-order valence-corrected chi connectivity index (χ3v) is 13.7. The molecule has 0 saturated heterocycles. The molecule has 0 aromatic heterocycles. The molecule has 440 valence electrons. The Hall–Kier alpha value is -3.93. The predicted octanol–water partition coefficient (Wildman–Crippen LogP) is 22.2. The fourth-order valence-corrected chi connectivity index (χ4v) is 8.88. The van der Waals surface area contributed by atoms with Crippen LogP contribution in [0.15, 0.2) is 109 Å². The summed E-state index contributed by atoms with van der Waals surface area (Å²) in [6, 6.07) is 0. The van der Waals surface area contributed by atoms with E-state index in [2.05, 4.69) is 130 Å². The number of hydrogen-bond donors (Lipinski definition) is 0. The number of esters is 3. The molecule has 6 heteroatoms. The van der Waals surface area contributed by atoms with Crippen molar-refractivity contribution in [1.29, 1.82) is 0 Å². The summed E-state index contributed by atoms with van der Waals surface area (Å²) in [4.78, 5) is 38.3. The maximum absolute atomic E-state index is 12.9. The van der Waals surface area contributed by atoms with Crippen molar-refractivity contribution in [3.63, 3.8) is 0 Å². The average molecular weight is 1070 g/mol. The lowest BCUT2D eigenvalue weighted by molar-refractivity contribution is -0.167. The summed E-state index contributed by atoms with van der Waals surface area (Å²) in [6.45, 7) is 6.49. The fourth-order valence-electron chi connectivity index (χ4n) is 8.88. The molecule has 0 spiro atoms. The lowest BCUT2D eigenvalue weighted by Gasteiger charge is -2.18. The second-order valence-corrected chi connectivity index (χ2v) is 21.3. The van der Waals surface area contributed by atoms with Crippen molar-refractivity contribution in [3.05, 3.63) is 109 Å². The zero-order valence-electron chi connectivity index (χ0n) is 50.4. The van der Waals surface area contributed by atoms with Crippen molar-refractivity contribution in [2.75, 3.05) is 13.2 Å². The minimum atomic E-state index is -0.789. The number of unbranched alkanes of at least 4 members (excludes halogenated alkanes) is 29. The highest BCUT2D eigenvalue weighted by molar-refractivity contribution is 5.71. The maximum atomic E-state index is 12.9. The van der Waals surface area contributed by atoms with Crippen molar-refractivity contribution in [3.8, 4) is 0 Å². The molecule has 77 heavy (non-hydrogen) atoms. The molecule has 0 aliphatic heterocycles. The second-order valence-electron chi connectivity index (χ2n) is 21.3. The summed E-state index contributed by atoms with van der Waals surface area (Å²) in [6.07, 6.45) is 88.1. The van der Waals surface area contributed by atoms with Crippen LogP contribution in [0.5, 0.6) is 0 Å². The molecule has 6 nitrogen and oxygen atoms in total. The number of ether oxygens (including phenoxy) is 3. The molecule has 0 aliphatic carbocycles. The lowest BCUT2D eigenvalue weighted by Crippen LogP contribution is -2.30. The quantitative estimate of drug-likeness (QED) is 0.0261. The lowest BCUT2D eigenvalue weighted by atomic mass is 10.1. The van der Waals surface area contributed by atoms with Crippen molar-refractivity contribution in [2.24, 2.45) is 0 Å². The Kier molecular flexibility index (Phi) is 61.3. The van der Waals surface area contributed by atoms with E-state index in [1.165, 1.54) is 148 Å². The van der Waals surface area contributed by atoms with E-state index in [0.29, 0.717) is 19.3 Å². The van der Waals surface area contributed by atoms with Gasteiger partial charge in [-0.1, -0.05) is 265 Å². The van der Waals surface area contributed by atoms with Crippen LogP contribution >= 0.6 is 0 Å². The smallest absolute Gasteiger partial charge is 0.306 e. The van der Waals surface area contributed by atoms with Crippen LogP contribution in [-0.2, 0) is 28.6 Å². The molecule has 1 atom stereocenters. The van der Waals surface area contributed by atoms with Gasteiger partial charge in [0, 0.05) is 19.3 Å². The number of carbonyl (C=O) groups is 3. The zero-order valence-corrected chi connectivity index (χ0v) is 50.4. The summed E-state index contributed by atoms with van der Waals surface area (Å²) in [5, 5.41) is 0. The fraction of sp³-hybridized carbons (Fsp3) is 0.704. The monoisotopic (exact) mass is 1070 g/mol. The Morgan fingerprint density at radius 1 is 0.273 bits per heavy atom. The predicted molar refractivity (Wildman–Crippen MR) is 334 cm³/mol. The van der Waals surface area contributed by atoms with Crippen LogP contribution in [0.25, 0.3) is 0 Å². The molecule has 0 bridgehead atoms. The van der Waals surface area contributed by atoms with Crippen molar-refractivity contribution in [1.82, 2.24) is 0 Å². The Labute approximate surface area is 476 Å². The standard InChI is InChI=1S/C71H120O6/c1-4-7-10-13-16-19-22-25-27-29-31-32-33-34-35-36-37-38-39-40-41-43-44-46-49-52-55-58-61-64-70(73)76-67-68(66-75-69(72)63-60-57-54-51-48-24-21-18-15-12-9-6-3)77-71(74)65-62-59-56-53-50-47-45-42-30-28-26-23-20-17-14-11-8-5-2/h7,10,16,18-21,23,25,27-28,30-32,34-35,37-38,68H,4-6,8-9,11-15,17,22,24,26,29,33,36,39-67H2,1-3H3/b10-7-,19-16-,21-18-,23-20-,27-25-,30-28-,32-31-,35-34-,38-37-. The molecule has 0 amide bonds. The summed E-state index contributed by atoms with van der Waals surface area (Å²) in [7, 11) is 0. The molecular formula is C71H120O6. The van der Waals surface area contributed by atoms with E-state index in [1.807, 2.05) is 0 Å². The van der Waals surface area contributed by atoms with E-state index >= 15 is 0 Å². The van der Waals surface area contributed by atoms with Crippen molar-refractivity contribution >= 4 is 17.9 Å². The van der Waals surface area contributed by atoms with Crippen molar-refractivity contribution in [2.45, 2.75) is 309 Å². The molecule has 0 saturated carbocycles. The third-order valence-electron chi connectivity index (χ3n) is 13.7. The number of hydrogen-bond acceptors (Lipinski definition) is 6. The summed E-state index contributed by atoms with van der Waals surface area (Å²) in [5.41, 5.74) is 0. The average Bonchev–Trinajstić information content (AvgIpc) is 3.43. The summed E-state index contributed by atoms with van der Waals surface area (Å²) in [5.74, 6) is -0.900. The number of rotatable bonds is 58. The van der Waals surface area contributed by atoms with Crippen molar-refractivity contribution < 1.29 is 28.6 Å². The highest BCUT2D eigenvalue weighted by Crippen LogP contribution is 2.15. The van der Waals surface area contributed by atoms with Crippen LogP contribution in [0, 0.1) is 0 Å². The topological polar surface area (TPSA) is 78.9 Å². The first kappa shape index (κ1) is 73.1. The third kappa shape index (κ3) is 62.8. The molecule has 0 rings (SSSR count). The normalized spacial score (nSPS) is 12.8. The zero-order chi connectivity index (χ0) is 55.7. The Morgan fingerprint density at radius 3 is 0.831 bits per heavy atom. The minimum absolute atomic E-state index is 0.0860. The van der Waals surface area contributed by atoms with E-state index < -0.39 is 6.10 Å². The van der Waals surface area contributed by atoms with Gasteiger partial charge in [0.05, 0.1) is 0 Å². The molecule has 0 radical (unpaired) electrons. The van der Waals surface area contributed by atoms with Gasteiger partial charge in [-0.3, -0.25) is 14.4 Å². The van der Waals surface area contributed by atoms with Gasteiger partial charge in [0.2, 0.25) is 0 Å². The summed E-state index contributed by atoms with van der Waals surface area (Å²) < 4.78 is 16.9. The Morgan fingerprint density at radius 2 is 0.506 bits per heavy atom. The SMILES string of the molecule is CC/C=C\C/C=C\C/C=C\C/C=C\C/C=C\C/C=C\CCCCCCCCCCCCC(=O)OCC(COC(=O)CCCCCCC/C=C\CCCCC)OC(=O)CCCCCCCCC/C=C\C/C=C\CCCCCC. The molecule has 0 aromatic rings. The van der Waals surface area contributed by atoms with Crippen LogP contribution in [0.3, 0.4) is 0 Å². The summed E-state index contributed by atoms with van der Waals surface area (Å²) >= 11 is 0. The van der Waals surface area contributed by atoms with Crippen LogP contribution in [0.1, 0.15) is 303 Å². The van der Waals surface area contributed by atoms with Gasteiger partial charge in [-0.25, -0.2) is 0 Å². The van der Waals surface area contributed by atoms with Crippen LogP contribution in [0.4, 0.5) is 0 Å². The van der Waals surface area contributed by atoms with E-state index in [-0.39, 0.29) is 31.1 Å². The first-order chi connectivity index (χ1) is 38.0.